The van der Waals surface area contributed by atoms with E-state index in [0.29, 0.717) is 16.5 Å². The van der Waals surface area contributed by atoms with Gasteiger partial charge in [0.05, 0.1) is 19.1 Å². The maximum Gasteiger partial charge on any atom is 0.246 e. The van der Waals surface area contributed by atoms with Gasteiger partial charge in [-0.3, -0.25) is 19.8 Å². The molecule has 1 aromatic carbocycles. The first kappa shape index (κ1) is 14.1. The van der Waals surface area contributed by atoms with Gasteiger partial charge in [0, 0.05) is 4.47 Å². The lowest BCUT2D eigenvalue weighted by Crippen LogP contribution is -2.57. The molecular weight excluding hydrogens is 315 g/mol. The van der Waals surface area contributed by atoms with Crippen LogP contribution in [0.1, 0.15) is 18.9 Å². The zero-order chi connectivity index (χ0) is 14.0. The van der Waals surface area contributed by atoms with Crippen molar-refractivity contribution in [2.24, 2.45) is 0 Å². The van der Waals surface area contributed by atoms with Crippen LogP contribution < -0.4 is 5.32 Å². The highest BCUT2D eigenvalue weighted by Crippen LogP contribution is 2.18. The minimum atomic E-state index is -0.397. The summed E-state index contributed by atoms with van der Waals surface area (Å²) in [6.07, 6.45) is 0.620. The fraction of sp³-hybridized carbons (Fsp3) is 0.385. The molecule has 0 aromatic heterocycles. The zero-order valence-corrected chi connectivity index (χ0v) is 12.0. The normalized spacial score (nSPS) is 19.9. The van der Waals surface area contributed by atoms with Crippen molar-refractivity contribution in [1.29, 1.82) is 0 Å². The molecule has 0 bridgehead atoms. The molecule has 1 atom stereocenters. The molecule has 19 heavy (non-hydrogen) atoms. The Bertz CT molecular complexity index is 501. The number of amides is 2. The van der Waals surface area contributed by atoms with Crippen LogP contribution in [0.15, 0.2) is 22.7 Å². The fourth-order valence-corrected chi connectivity index (χ4v) is 2.59. The van der Waals surface area contributed by atoms with Gasteiger partial charge >= 0.3 is 0 Å². The molecule has 1 unspecified atom stereocenters. The minimum absolute atomic E-state index is 0.103. The Morgan fingerprint density at radius 2 is 2.16 bits per heavy atom. The Hall–Kier alpha value is -1.27. The molecule has 0 radical (unpaired) electrons. The number of carbonyl (C=O) groups is 2. The maximum absolute atomic E-state index is 13.3. The number of piperazine rings is 1. The van der Waals surface area contributed by atoms with Crippen molar-refractivity contribution in [3.05, 3.63) is 34.1 Å². The number of carbonyl (C=O) groups excluding carboxylic acids is 2. The summed E-state index contributed by atoms with van der Waals surface area (Å²) in [4.78, 5) is 25.0. The summed E-state index contributed by atoms with van der Waals surface area (Å²) < 4.78 is 13.9. The van der Waals surface area contributed by atoms with Crippen LogP contribution in [-0.2, 0) is 16.1 Å². The molecule has 1 fully saturated rings. The summed E-state index contributed by atoms with van der Waals surface area (Å²) in [7, 11) is 0. The summed E-state index contributed by atoms with van der Waals surface area (Å²) in [6, 6.07) is 4.02. The highest BCUT2D eigenvalue weighted by atomic mass is 79.9. The van der Waals surface area contributed by atoms with Gasteiger partial charge in [0.2, 0.25) is 11.8 Å². The number of nitrogens with zero attached hydrogens (tertiary/aromatic N) is 1. The molecule has 1 saturated heterocycles. The van der Waals surface area contributed by atoms with E-state index < -0.39 is 5.82 Å². The molecule has 1 aromatic rings. The smallest absolute Gasteiger partial charge is 0.246 e. The lowest BCUT2D eigenvalue weighted by Gasteiger charge is -2.31. The van der Waals surface area contributed by atoms with E-state index in [4.69, 9.17) is 0 Å². The van der Waals surface area contributed by atoms with Crippen LogP contribution in [0.4, 0.5) is 4.39 Å². The van der Waals surface area contributed by atoms with Crippen molar-refractivity contribution in [2.45, 2.75) is 25.9 Å². The van der Waals surface area contributed by atoms with Gasteiger partial charge in [-0.15, -0.1) is 0 Å². The lowest BCUT2D eigenvalue weighted by molar-refractivity contribution is -0.150. The number of benzene rings is 1. The van der Waals surface area contributed by atoms with Gasteiger partial charge < -0.3 is 0 Å². The molecule has 2 rings (SSSR count). The van der Waals surface area contributed by atoms with E-state index in [0.717, 1.165) is 0 Å². The third-order valence-corrected chi connectivity index (χ3v) is 3.49. The SMILES string of the molecule is CCC1NCC(=O)N(Cc2cc(F)cc(Br)c2)C1=O. The third-order valence-electron chi connectivity index (χ3n) is 3.04. The summed E-state index contributed by atoms with van der Waals surface area (Å²) in [5, 5.41) is 2.88. The molecule has 2 amide bonds. The van der Waals surface area contributed by atoms with Crippen LogP contribution in [0.25, 0.3) is 0 Å². The topological polar surface area (TPSA) is 49.4 Å². The van der Waals surface area contributed by atoms with Crippen LogP contribution >= 0.6 is 15.9 Å². The monoisotopic (exact) mass is 328 g/mol. The van der Waals surface area contributed by atoms with Crippen LogP contribution in [0, 0.1) is 5.82 Å². The van der Waals surface area contributed by atoms with Crippen LogP contribution in [0.5, 0.6) is 0 Å². The molecule has 1 aliphatic heterocycles. The van der Waals surface area contributed by atoms with Crippen molar-refractivity contribution in [3.8, 4) is 0 Å². The largest absolute Gasteiger partial charge is 0.297 e. The maximum atomic E-state index is 13.3. The first-order chi connectivity index (χ1) is 9.01. The summed E-state index contributed by atoms with van der Waals surface area (Å²) in [5.41, 5.74) is 0.588. The van der Waals surface area contributed by atoms with E-state index in [1.54, 1.807) is 6.07 Å². The van der Waals surface area contributed by atoms with Gasteiger partial charge in [0.25, 0.3) is 0 Å². The Labute approximate surface area is 119 Å². The molecule has 0 aliphatic carbocycles. The standard InChI is InChI=1S/C13H14BrFN2O2/c1-2-11-13(19)17(12(18)6-16-11)7-8-3-9(14)5-10(15)4-8/h3-5,11,16H,2,6-7H2,1H3. The first-order valence-electron chi connectivity index (χ1n) is 6.04. The van der Waals surface area contributed by atoms with Crippen molar-refractivity contribution >= 4 is 27.7 Å². The molecule has 0 saturated carbocycles. The second kappa shape index (κ2) is 5.79. The van der Waals surface area contributed by atoms with Crippen molar-refractivity contribution in [3.63, 3.8) is 0 Å². The van der Waals surface area contributed by atoms with E-state index in [1.165, 1.54) is 17.0 Å². The highest BCUT2D eigenvalue weighted by molar-refractivity contribution is 9.10. The minimum Gasteiger partial charge on any atom is -0.297 e. The quantitative estimate of drug-likeness (QED) is 0.861. The number of imide groups is 1. The summed E-state index contributed by atoms with van der Waals surface area (Å²) in [5.74, 6) is -0.930. The predicted octanol–water partition coefficient (Wildman–Crippen LogP) is 1.83. The average Bonchev–Trinajstić information content (AvgIpc) is 2.33. The van der Waals surface area contributed by atoms with Crippen LogP contribution in [0.2, 0.25) is 0 Å². The Morgan fingerprint density at radius 3 is 2.79 bits per heavy atom. The van der Waals surface area contributed by atoms with Gasteiger partial charge in [0.1, 0.15) is 5.82 Å². The molecule has 1 heterocycles. The van der Waals surface area contributed by atoms with Crippen molar-refractivity contribution in [2.75, 3.05) is 6.54 Å². The number of hydrogen-bond acceptors (Lipinski definition) is 3. The van der Waals surface area contributed by atoms with Gasteiger partial charge in [0.15, 0.2) is 0 Å². The molecule has 1 N–H and O–H groups in total. The fourth-order valence-electron chi connectivity index (χ4n) is 2.07. The van der Waals surface area contributed by atoms with Gasteiger partial charge in [-0.2, -0.15) is 0 Å². The number of nitrogens with one attached hydrogen (secondary N) is 1. The Kier molecular flexibility index (Phi) is 4.31. The van der Waals surface area contributed by atoms with E-state index in [1.807, 2.05) is 6.92 Å². The van der Waals surface area contributed by atoms with Crippen molar-refractivity contribution < 1.29 is 14.0 Å². The predicted molar refractivity (Wildman–Crippen MR) is 71.7 cm³/mol. The molecule has 102 valence electrons. The van der Waals surface area contributed by atoms with E-state index >= 15 is 0 Å². The Morgan fingerprint density at radius 1 is 1.42 bits per heavy atom. The highest BCUT2D eigenvalue weighted by Gasteiger charge is 2.32. The Balaban J connectivity index is 2.20. The number of rotatable bonds is 3. The molecule has 4 nitrogen and oxygen atoms in total. The lowest BCUT2D eigenvalue weighted by atomic mass is 10.1. The third kappa shape index (κ3) is 3.19. The van der Waals surface area contributed by atoms with Gasteiger partial charge in [-0.05, 0) is 30.2 Å². The van der Waals surface area contributed by atoms with E-state index in [9.17, 15) is 14.0 Å². The van der Waals surface area contributed by atoms with Gasteiger partial charge in [-0.25, -0.2) is 4.39 Å². The summed E-state index contributed by atoms with van der Waals surface area (Å²) >= 11 is 3.19. The van der Waals surface area contributed by atoms with E-state index in [-0.39, 0.29) is 30.9 Å². The molecule has 1 aliphatic rings. The number of hydrogen-bond donors (Lipinski definition) is 1. The zero-order valence-electron chi connectivity index (χ0n) is 10.5. The van der Waals surface area contributed by atoms with E-state index in [2.05, 4.69) is 21.2 Å². The molecular formula is C13H14BrFN2O2. The summed E-state index contributed by atoms with van der Waals surface area (Å²) in [6.45, 7) is 2.12. The van der Waals surface area contributed by atoms with Crippen molar-refractivity contribution in [1.82, 2.24) is 10.2 Å². The molecule has 0 spiro atoms. The van der Waals surface area contributed by atoms with Crippen LogP contribution in [0.3, 0.4) is 0 Å². The number of halogens is 2. The first-order valence-corrected chi connectivity index (χ1v) is 6.83. The van der Waals surface area contributed by atoms with Crippen LogP contribution in [-0.4, -0.2) is 29.3 Å². The second-order valence-electron chi connectivity index (χ2n) is 4.44. The van der Waals surface area contributed by atoms with Gasteiger partial charge in [-0.1, -0.05) is 22.9 Å². The second-order valence-corrected chi connectivity index (χ2v) is 5.35. The average molecular weight is 329 g/mol. The molecule has 6 heteroatoms.